The van der Waals surface area contributed by atoms with Crippen LogP contribution in [-0.4, -0.2) is 34.4 Å². The normalized spacial score (nSPS) is 10.4. The maximum atomic E-state index is 11.7. The summed E-state index contributed by atoms with van der Waals surface area (Å²) < 4.78 is 11.7. The van der Waals surface area contributed by atoms with Gasteiger partial charge in [0, 0.05) is 0 Å². The highest BCUT2D eigenvalue weighted by Gasteiger charge is 2.18. The van der Waals surface area contributed by atoms with E-state index in [1.165, 1.54) is 0 Å². The summed E-state index contributed by atoms with van der Waals surface area (Å²) in [5.41, 5.74) is 0.728. The third-order valence-corrected chi connectivity index (χ3v) is 4.52. The molecule has 0 aliphatic carbocycles. The summed E-state index contributed by atoms with van der Waals surface area (Å²) in [7, 11) is 1.56. The molecule has 2 N–H and O–H groups in total. The van der Waals surface area contributed by atoms with Gasteiger partial charge in [-0.2, -0.15) is 0 Å². The molecular formula is C16H22I2N2O4. The van der Waals surface area contributed by atoms with Crippen molar-refractivity contribution in [2.45, 2.75) is 25.9 Å². The molecule has 0 saturated heterocycles. The maximum Gasteiger partial charge on any atom is 0.231 e. The first kappa shape index (κ1) is 21.3. The molecule has 1 rings (SSSR count). The number of halogens is 2. The molecule has 0 aromatic heterocycles. The molecule has 8 heteroatoms. The standard InChI is InChI=1S/C16H22I2N2O4/c1-3-4-7-24-12-6-5-11(8-13(12)23-2)16(19-14(21)9-17)20-15(22)10-18/h5-6,8,16H,3-4,7,9-10H2,1-2H3,(H,19,21)(H,20,22). The van der Waals surface area contributed by atoms with Crippen molar-refractivity contribution >= 4 is 57.0 Å². The van der Waals surface area contributed by atoms with Gasteiger partial charge in [-0.05, 0) is 24.1 Å². The lowest BCUT2D eigenvalue weighted by Gasteiger charge is -2.21. The Morgan fingerprint density at radius 1 is 1.12 bits per heavy atom. The summed E-state index contributed by atoms with van der Waals surface area (Å²) in [5, 5.41) is 5.59. The molecule has 6 nitrogen and oxygen atoms in total. The predicted octanol–water partition coefficient (Wildman–Crippen LogP) is 2.98. The van der Waals surface area contributed by atoms with E-state index < -0.39 is 6.17 Å². The molecular weight excluding hydrogens is 538 g/mol. The molecule has 0 aliphatic rings. The van der Waals surface area contributed by atoms with Gasteiger partial charge in [0.05, 0.1) is 22.6 Å². The summed E-state index contributed by atoms with van der Waals surface area (Å²) in [6.45, 7) is 2.71. The molecule has 1 aromatic carbocycles. The molecule has 0 bridgehead atoms. The van der Waals surface area contributed by atoms with Crippen LogP contribution in [0.15, 0.2) is 18.2 Å². The highest BCUT2D eigenvalue weighted by Crippen LogP contribution is 2.30. The van der Waals surface area contributed by atoms with E-state index in [9.17, 15) is 9.59 Å². The van der Waals surface area contributed by atoms with Gasteiger partial charge >= 0.3 is 0 Å². The lowest BCUT2D eigenvalue weighted by molar-refractivity contribution is -0.121. The van der Waals surface area contributed by atoms with Crippen LogP contribution < -0.4 is 20.1 Å². The Kier molecular flexibility index (Phi) is 10.4. The summed E-state index contributed by atoms with van der Waals surface area (Å²) in [4.78, 5) is 23.5. The predicted molar refractivity (Wildman–Crippen MR) is 110 cm³/mol. The number of ether oxygens (including phenoxy) is 2. The maximum absolute atomic E-state index is 11.7. The van der Waals surface area contributed by atoms with E-state index >= 15 is 0 Å². The Labute approximate surface area is 169 Å². The first-order valence-electron chi connectivity index (χ1n) is 7.57. The summed E-state index contributed by atoms with van der Waals surface area (Å²) in [5.74, 6) is 0.906. The Balaban J connectivity index is 2.99. The van der Waals surface area contributed by atoms with Gasteiger partial charge in [-0.1, -0.05) is 64.6 Å². The molecule has 0 fully saturated rings. The lowest BCUT2D eigenvalue weighted by Crippen LogP contribution is -2.41. The number of carbonyl (C=O) groups excluding carboxylic acids is 2. The minimum atomic E-state index is -0.604. The fourth-order valence-electron chi connectivity index (χ4n) is 1.91. The monoisotopic (exact) mass is 560 g/mol. The third kappa shape index (κ3) is 6.99. The second-order valence-electron chi connectivity index (χ2n) is 4.95. The Morgan fingerprint density at radius 3 is 2.25 bits per heavy atom. The van der Waals surface area contributed by atoms with Crippen LogP contribution in [-0.2, 0) is 9.59 Å². The van der Waals surface area contributed by atoms with E-state index in [1.54, 1.807) is 19.2 Å². The number of alkyl halides is 2. The van der Waals surface area contributed by atoms with Gasteiger partial charge in [0.2, 0.25) is 11.8 Å². The number of amides is 2. The quantitative estimate of drug-likeness (QED) is 0.200. The van der Waals surface area contributed by atoms with Gasteiger partial charge in [-0.15, -0.1) is 0 Å². The summed E-state index contributed by atoms with van der Waals surface area (Å²) >= 11 is 3.95. The van der Waals surface area contributed by atoms with Crippen LogP contribution >= 0.6 is 45.2 Å². The second-order valence-corrected chi connectivity index (χ2v) is 6.47. The van der Waals surface area contributed by atoms with Gasteiger partial charge in [0.25, 0.3) is 0 Å². The van der Waals surface area contributed by atoms with Gasteiger partial charge < -0.3 is 20.1 Å². The highest BCUT2D eigenvalue weighted by atomic mass is 127. The average Bonchev–Trinajstić information content (AvgIpc) is 2.61. The van der Waals surface area contributed by atoms with E-state index in [4.69, 9.17) is 9.47 Å². The van der Waals surface area contributed by atoms with Crippen molar-refractivity contribution in [2.75, 3.05) is 22.6 Å². The zero-order chi connectivity index (χ0) is 17.9. The zero-order valence-corrected chi connectivity index (χ0v) is 18.0. The van der Waals surface area contributed by atoms with E-state index in [1.807, 2.05) is 51.2 Å². The van der Waals surface area contributed by atoms with Crippen molar-refractivity contribution in [1.82, 2.24) is 10.6 Å². The number of methoxy groups -OCH3 is 1. The Bertz CT molecular complexity index is 537. The molecule has 0 heterocycles. The van der Waals surface area contributed by atoms with Crippen molar-refractivity contribution in [1.29, 1.82) is 0 Å². The number of unbranched alkanes of at least 4 members (excludes halogenated alkanes) is 1. The molecule has 0 saturated carbocycles. The minimum absolute atomic E-state index is 0.156. The molecule has 0 unspecified atom stereocenters. The molecule has 0 atom stereocenters. The molecule has 24 heavy (non-hydrogen) atoms. The van der Waals surface area contributed by atoms with Crippen molar-refractivity contribution in [3.63, 3.8) is 0 Å². The van der Waals surface area contributed by atoms with Crippen LogP contribution in [0.2, 0.25) is 0 Å². The van der Waals surface area contributed by atoms with Crippen molar-refractivity contribution in [3.8, 4) is 11.5 Å². The number of rotatable bonds is 10. The third-order valence-electron chi connectivity index (χ3n) is 3.13. The van der Waals surface area contributed by atoms with Gasteiger partial charge in [-0.3, -0.25) is 9.59 Å². The molecule has 0 radical (unpaired) electrons. The van der Waals surface area contributed by atoms with Crippen molar-refractivity contribution < 1.29 is 19.1 Å². The fourth-order valence-corrected chi connectivity index (χ4v) is 2.35. The second kappa shape index (κ2) is 11.7. The minimum Gasteiger partial charge on any atom is -0.493 e. The Morgan fingerprint density at radius 2 is 1.75 bits per heavy atom. The molecule has 134 valence electrons. The number of hydrogen-bond acceptors (Lipinski definition) is 4. The van der Waals surface area contributed by atoms with Crippen LogP contribution in [0.3, 0.4) is 0 Å². The average molecular weight is 560 g/mol. The zero-order valence-electron chi connectivity index (χ0n) is 13.7. The van der Waals surface area contributed by atoms with Crippen LogP contribution in [0, 0.1) is 0 Å². The lowest BCUT2D eigenvalue weighted by atomic mass is 10.1. The van der Waals surface area contributed by atoms with Crippen LogP contribution in [0.4, 0.5) is 0 Å². The first-order chi connectivity index (χ1) is 11.5. The Hall–Kier alpha value is -0.780. The van der Waals surface area contributed by atoms with Crippen LogP contribution in [0.5, 0.6) is 11.5 Å². The largest absolute Gasteiger partial charge is 0.493 e. The summed E-state index contributed by atoms with van der Waals surface area (Å²) in [6.07, 6.45) is 1.41. The fraction of sp³-hybridized carbons (Fsp3) is 0.500. The number of carbonyl (C=O) groups is 2. The molecule has 1 aromatic rings. The van der Waals surface area contributed by atoms with Gasteiger partial charge in [0.15, 0.2) is 11.5 Å². The van der Waals surface area contributed by atoms with Crippen molar-refractivity contribution in [3.05, 3.63) is 23.8 Å². The summed E-state index contributed by atoms with van der Waals surface area (Å²) in [6, 6.07) is 5.38. The molecule has 2 amide bonds. The number of nitrogens with one attached hydrogen (secondary N) is 2. The van der Waals surface area contributed by atoms with E-state index in [-0.39, 0.29) is 11.8 Å². The van der Waals surface area contributed by atoms with Crippen LogP contribution in [0.25, 0.3) is 0 Å². The van der Waals surface area contributed by atoms with Crippen LogP contribution in [0.1, 0.15) is 31.5 Å². The smallest absolute Gasteiger partial charge is 0.231 e. The molecule has 0 aliphatic heterocycles. The van der Waals surface area contributed by atoms with E-state index in [0.717, 1.165) is 18.4 Å². The highest BCUT2D eigenvalue weighted by molar-refractivity contribution is 14.1. The molecule has 0 spiro atoms. The van der Waals surface area contributed by atoms with E-state index in [2.05, 4.69) is 17.6 Å². The first-order valence-corrected chi connectivity index (χ1v) is 10.6. The number of hydrogen-bond donors (Lipinski definition) is 2. The van der Waals surface area contributed by atoms with Gasteiger partial charge in [-0.25, -0.2) is 0 Å². The topological polar surface area (TPSA) is 76.7 Å². The van der Waals surface area contributed by atoms with Gasteiger partial charge in [0.1, 0.15) is 6.17 Å². The SMILES string of the molecule is CCCCOc1ccc(C(NC(=O)CI)NC(=O)CI)cc1OC. The van der Waals surface area contributed by atoms with Crippen molar-refractivity contribution in [2.24, 2.45) is 0 Å². The number of benzene rings is 1. The van der Waals surface area contributed by atoms with E-state index in [0.29, 0.717) is 27.0 Å².